The van der Waals surface area contributed by atoms with Crippen LogP contribution in [0.5, 0.6) is 0 Å². The number of aromatic nitrogens is 1. The van der Waals surface area contributed by atoms with Gasteiger partial charge in [-0.1, -0.05) is 23.8 Å². The van der Waals surface area contributed by atoms with E-state index in [2.05, 4.69) is 23.2 Å². The maximum absolute atomic E-state index is 12.9. The summed E-state index contributed by atoms with van der Waals surface area (Å²) in [5.74, 6) is -1.36. The lowest BCUT2D eigenvalue weighted by Gasteiger charge is -2.38. The lowest BCUT2D eigenvalue weighted by molar-refractivity contribution is -0.0491. The number of carboxylic acid groups (broad SMARTS) is 1. The highest BCUT2D eigenvalue weighted by Gasteiger charge is 2.32. The molecule has 0 spiro atoms. The second-order valence-corrected chi connectivity index (χ2v) is 6.72. The average molecular weight is 354 g/mol. The van der Waals surface area contributed by atoms with Crippen LogP contribution in [0.2, 0.25) is 0 Å². The molecule has 1 fully saturated rings. The number of hydrogen-bond donors (Lipinski definition) is 1. The van der Waals surface area contributed by atoms with Gasteiger partial charge in [0.05, 0.1) is 24.8 Å². The Bertz CT molecular complexity index is 849. The second kappa shape index (κ2) is 7.25. The lowest BCUT2D eigenvalue weighted by atomic mass is 9.98. The summed E-state index contributed by atoms with van der Waals surface area (Å²) in [4.78, 5) is 29.9. The van der Waals surface area contributed by atoms with Crippen LogP contribution in [0.1, 0.15) is 50.6 Å². The SMILES string of the molecule is Cc1ccc(C)c(C2CN(C(=O)c3cc(C(=O)O)ccn3)C(C)CO2)c1. The van der Waals surface area contributed by atoms with E-state index in [0.29, 0.717) is 13.2 Å². The fourth-order valence-corrected chi connectivity index (χ4v) is 3.16. The third kappa shape index (κ3) is 3.60. The van der Waals surface area contributed by atoms with Crippen LogP contribution in [0.4, 0.5) is 0 Å². The molecule has 1 aliphatic heterocycles. The number of carbonyl (C=O) groups excluding carboxylic acids is 1. The van der Waals surface area contributed by atoms with Crippen LogP contribution in [0.25, 0.3) is 0 Å². The number of hydrogen-bond acceptors (Lipinski definition) is 4. The van der Waals surface area contributed by atoms with Gasteiger partial charge in [0.1, 0.15) is 11.8 Å². The molecule has 2 heterocycles. The third-order valence-corrected chi connectivity index (χ3v) is 4.70. The Kier molecular flexibility index (Phi) is 5.04. The average Bonchev–Trinajstić information content (AvgIpc) is 2.64. The number of nitrogens with zero attached hydrogens (tertiary/aromatic N) is 2. The minimum absolute atomic E-state index is 0.0512. The fraction of sp³-hybridized carbons (Fsp3) is 0.350. The topological polar surface area (TPSA) is 79.7 Å². The van der Waals surface area contributed by atoms with E-state index >= 15 is 0 Å². The number of pyridine rings is 1. The van der Waals surface area contributed by atoms with Crippen LogP contribution in [-0.4, -0.2) is 46.1 Å². The van der Waals surface area contributed by atoms with Gasteiger partial charge in [0.15, 0.2) is 0 Å². The van der Waals surface area contributed by atoms with E-state index in [0.717, 1.165) is 16.7 Å². The molecule has 1 amide bonds. The van der Waals surface area contributed by atoms with E-state index in [9.17, 15) is 9.59 Å². The predicted molar refractivity (Wildman–Crippen MR) is 96.3 cm³/mol. The minimum Gasteiger partial charge on any atom is -0.478 e. The largest absolute Gasteiger partial charge is 0.478 e. The molecule has 6 nitrogen and oxygen atoms in total. The number of rotatable bonds is 3. The molecule has 0 aliphatic carbocycles. The van der Waals surface area contributed by atoms with E-state index < -0.39 is 5.97 Å². The van der Waals surface area contributed by atoms with Crippen molar-refractivity contribution >= 4 is 11.9 Å². The molecular weight excluding hydrogens is 332 g/mol. The molecule has 0 bridgehead atoms. The number of morpholine rings is 1. The van der Waals surface area contributed by atoms with E-state index in [-0.39, 0.29) is 29.3 Å². The van der Waals surface area contributed by atoms with Crippen LogP contribution < -0.4 is 0 Å². The van der Waals surface area contributed by atoms with Crippen molar-refractivity contribution in [3.05, 3.63) is 64.5 Å². The number of aromatic carboxylic acids is 1. The first-order valence-electron chi connectivity index (χ1n) is 8.56. The summed E-state index contributed by atoms with van der Waals surface area (Å²) >= 11 is 0. The molecule has 3 rings (SSSR count). The molecular formula is C20H22N2O4. The number of benzene rings is 1. The highest BCUT2D eigenvalue weighted by molar-refractivity contribution is 5.96. The van der Waals surface area contributed by atoms with Gasteiger partial charge >= 0.3 is 5.97 Å². The van der Waals surface area contributed by atoms with Crippen LogP contribution in [-0.2, 0) is 4.74 Å². The summed E-state index contributed by atoms with van der Waals surface area (Å²) in [6.45, 7) is 6.79. The number of amides is 1. The maximum Gasteiger partial charge on any atom is 0.335 e. The van der Waals surface area contributed by atoms with Crippen molar-refractivity contribution in [2.45, 2.75) is 32.9 Å². The molecule has 136 valence electrons. The Morgan fingerprint density at radius 1 is 1.23 bits per heavy atom. The zero-order valence-electron chi connectivity index (χ0n) is 15.1. The van der Waals surface area contributed by atoms with E-state index in [1.165, 1.54) is 18.3 Å². The highest BCUT2D eigenvalue weighted by Crippen LogP contribution is 2.28. The molecule has 1 aliphatic rings. The molecule has 0 saturated carbocycles. The monoisotopic (exact) mass is 354 g/mol. The minimum atomic E-state index is -1.08. The van der Waals surface area contributed by atoms with Gasteiger partial charge < -0.3 is 14.7 Å². The number of carboxylic acids is 1. The maximum atomic E-state index is 12.9. The summed E-state index contributed by atoms with van der Waals surface area (Å²) in [6.07, 6.45) is 1.14. The fourth-order valence-electron chi connectivity index (χ4n) is 3.16. The summed E-state index contributed by atoms with van der Waals surface area (Å²) in [7, 11) is 0. The van der Waals surface area contributed by atoms with Crippen molar-refractivity contribution in [3.8, 4) is 0 Å². The zero-order valence-corrected chi connectivity index (χ0v) is 15.1. The second-order valence-electron chi connectivity index (χ2n) is 6.72. The molecule has 1 N–H and O–H groups in total. The van der Waals surface area contributed by atoms with Gasteiger partial charge in [0.2, 0.25) is 0 Å². The smallest absolute Gasteiger partial charge is 0.335 e. The molecule has 2 unspecified atom stereocenters. The van der Waals surface area contributed by atoms with Crippen molar-refractivity contribution in [1.82, 2.24) is 9.88 Å². The van der Waals surface area contributed by atoms with Crippen molar-refractivity contribution in [2.24, 2.45) is 0 Å². The van der Waals surface area contributed by atoms with Crippen molar-refractivity contribution in [2.75, 3.05) is 13.2 Å². The van der Waals surface area contributed by atoms with Gasteiger partial charge in [0.25, 0.3) is 5.91 Å². The van der Waals surface area contributed by atoms with Crippen LogP contribution in [0.15, 0.2) is 36.5 Å². The predicted octanol–water partition coefficient (Wildman–Crippen LogP) is 3.00. The van der Waals surface area contributed by atoms with Crippen LogP contribution >= 0.6 is 0 Å². The number of aryl methyl sites for hydroxylation is 2. The molecule has 0 radical (unpaired) electrons. The molecule has 2 atom stereocenters. The summed E-state index contributed by atoms with van der Waals surface area (Å²) in [5, 5.41) is 9.13. The van der Waals surface area contributed by atoms with Gasteiger partial charge in [-0.25, -0.2) is 4.79 Å². The van der Waals surface area contributed by atoms with E-state index in [4.69, 9.17) is 9.84 Å². The molecule has 1 aromatic carbocycles. The molecule has 2 aromatic rings. The Morgan fingerprint density at radius 2 is 2.00 bits per heavy atom. The standard InChI is InChI=1S/C20H22N2O4/c1-12-4-5-13(2)16(8-12)18-10-22(14(3)11-26-18)19(23)17-9-15(20(24)25)6-7-21-17/h4-9,14,18H,10-11H2,1-3H3,(H,24,25). The number of carbonyl (C=O) groups is 2. The van der Waals surface area contributed by atoms with Crippen molar-refractivity contribution in [3.63, 3.8) is 0 Å². The number of ether oxygens (including phenoxy) is 1. The van der Waals surface area contributed by atoms with Crippen molar-refractivity contribution < 1.29 is 19.4 Å². The molecule has 6 heteroatoms. The lowest BCUT2D eigenvalue weighted by Crippen LogP contribution is -2.48. The van der Waals surface area contributed by atoms with Gasteiger partial charge in [0, 0.05) is 6.20 Å². The molecule has 26 heavy (non-hydrogen) atoms. The van der Waals surface area contributed by atoms with Crippen molar-refractivity contribution in [1.29, 1.82) is 0 Å². The Morgan fingerprint density at radius 3 is 2.73 bits per heavy atom. The van der Waals surface area contributed by atoms with Gasteiger partial charge in [-0.3, -0.25) is 9.78 Å². The first kappa shape index (κ1) is 18.1. The summed E-state index contributed by atoms with van der Waals surface area (Å²) in [6, 6.07) is 8.77. The molecule has 1 aromatic heterocycles. The molecule has 1 saturated heterocycles. The van der Waals surface area contributed by atoms with E-state index in [1.807, 2.05) is 20.8 Å². The Hall–Kier alpha value is -2.73. The quantitative estimate of drug-likeness (QED) is 0.916. The third-order valence-electron chi connectivity index (χ3n) is 4.70. The zero-order chi connectivity index (χ0) is 18.8. The Balaban J connectivity index is 1.86. The van der Waals surface area contributed by atoms with Gasteiger partial charge in [-0.05, 0) is 44.0 Å². The van der Waals surface area contributed by atoms with Crippen LogP contribution in [0.3, 0.4) is 0 Å². The highest BCUT2D eigenvalue weighted by atomic mass is 16.5. The first-order valence-corrected chi connectivity index (χ1v) is 8.56. The van der Waals surface area contributed by atoms with Gasteiger partial charge in [-0.2, -0.15) is 0 Å². The summed E-state index contributed by atoms with van der Waals surface area (Å²) < 4.78 is 5.98. The normalized spacial score (nSPS) is 20.0. The summed E-state index contributed by atoms with van der Waals surface area (Å²) in [5.41, 5.74) is 3.52. The Labute approximate surface area is 152 Å². The van der Waals surface area contributed by atoms with Gasteiger partial charge in [-0.15, -0.1) is 0 Å². The van der Waals surface area contributed by atoms with Crippen LogP contribution in [0, 0.1) is 13.8 Å². The van der Waals surface area contributed by atoms with E-state index in [1.54, 1.807) is 4.90 Å². The first-order chi connectivity index (χ1) is 12.4.